The van der Waals surface area contributed by atoms with E-state index in [0.717, 1.165) is 45.9 Å². The lowest BCUT2D eigenvalue weighted by Gasteiger charge is -2.33. The molecule has 1 aromatic heterocycles. The lowest BCUT2D eigenvalue weighted by Crippen LogP contribution is -2.48. The molecule has 5 nitrogen and oxygen atoms in total. The number of aliphatic hydroxyl groups excluding tert-OH is 1. The van der Waals surface area contributed by atoms with Crippen molar-refractivity contribution in [1.82, 2.24) is 14.8 Å². The SMILES string of the molecule is O[C@H]1CN(Cc2ccncc2)C[C@@H]1N1CCOCC1. The van der Waals surface area contributed by atoms with Crippen LogP contribution in [0.5, 0.6) is 0 Å². The van der Waals surface area contributed by atoms with Crippen LogP contribution in [-0.4, -0.2) is 71.4 Å². The summed E-state index contributed by atoms with van der Waals surface area (Å²) < 4.78 is 5.37. The Labute approximate surface area is 113 Å². The van der Waals surface area contributed by atoms with Gasteiger partial charge in [0.15, 0.2) is 0 Å². The van der Waals surface area contributed by atoms with Crippen LogP contribution in [0.2, 0.25) is 0 Å². The van der Waals surface area contributed by atoms with Crippen LogP contribution >= 0.6 is 0 Å². The van der Waals surface area contributed by atoms with Crippen molar-refractivity contribution in [3.63, 3.8) is 0 Å². The van der Waals surface area contributed by atoms with Crippen LogP contribution in [0.1, 0.15) is 5.56 Å². The van der Waals surface area contributed by atoms with Gasteiger partial charge in [-0.2, -0.15) is 0 Å². The van der Waals surface area contributed by atoms with Crippen molar-refractivity contribution in [2.24, 2.45) is 0 Å². The molecular formula is C14H21N3O2. The van der Waals surface area contributed by atoms with Crippen molar-refractivity contribution in [1.29, 1.82) is 0 Å². The number of morpholine rings is 1. The van der Waals surface area contributed by atoms with Gasteiger partial charge in [0.2, 0.25) is 0 Å². The van der Waals surface area contributed by atoms with E-state index < -0.39 is 0 Å². The van der Waals surface area contributed by atoms with Crippen LogP contribution in [0.4, 0.5) is 0 Å². The molecule has 1 N–H and O–H groups in total. The van der Waals surface area contributed by atoms with Gasteiger partial charge in [0, 0.05) is 51.2 Å². The van der Waals surface area contributed by atoms with Crippen LogP contribution in [0.15, 0.2) is 24.5 Å². The number of aromatic nitrogens is 1. The third kappa shape index (κ3) is 3.12. The van der Waals surface area contributed by atoms with Crippen molar-refractivity contribution in [3.05, 3.63) is 30.1 Å². The average Bonchev–Trinajstić information content (AvgIpc) is 2.82. The maximum Gasteiger partial charge on any atom is 0.0834 e. The van der Waals surface area contributed by atoms with Crippen molar-refractivity contribution in [2.75, 3.05) is 39.4 Å². The van der Waals surface area contributed by atoms with E-state index in [1.165, 1.54) is 5.56 Å². The predicted octanol–water partition coefficient (Wildman–Crippen LogP) is -0.0411. The van der Waals surface area contributed by atoms with E-state index in [9.17, 15) is 5.11 Å². The summed E-state index contributed by atoms with van der Waals surface area (Å²) in [5, 5.41) is 10.3. The number of pyridine rings is 1. The molecular weight excluding hydrogens is 242 g/mol. The van der Waals surface area contributed by atoms with Gasteiger partial charge in [-0.1, -0.05) is 0 Å². The summed E-state index contributed by atoms with van der Waals surface area (Å²) in [5.41, 5.74) is 1.25. The summed E-state index contributed by atoms with van der Waals surface area (Å²) in [6.07, 6.45) is 3.39. The second-order valence-corrected chi connectivity index (χ2v) is 5.33. The van der Waals surface area contributed by atoms with E-state index in [4.69, 9.17) is 4.74 Å². The first-order valence-corrected chi connectivity index (χ1v) is 6.94. The second kappa shape index (κ2) is 5.96. The normalized spacial score (nSPS) is 29.7. The van der Waals surface area contributed by atoms with Crippen LogP contribution in [0, 0.1) is 0 Å². The number of hydrogen-bond acceptors (Lipinski definition) is 5. The van der Waals surface area contributed by atoms with E-state index in [0.29, 0.717) is 0 Å². The molecule has 1 aromatic rings. The fourth-order valence-electron chi connectivity index (χ4n) is 2.99. The summed E-state index contributed by atoms with van der Waals surface area (Å²) in [6.45, 7) is 6.02. The molecule has 0 saturated carbocycles. The quantitative estimate of drug-likeness (QED) is 0.829. The van der Waals surface area contributed by atoms with E-state index in [1.54, 1.807) is 0 Å². The Balaban J connectivity index is 1.58. The maximum atomic E-state index is 10.3. The standard InChI is InChI=1S/C14H21N3O2/c18-14-11-16(9-12-1-3-15-4-2-12)10-13(14)17-5-7-19-8-6-17/h1-4,13-14,18H,5-11H2/t13-,14-/m0/s1. The van der Waals surface area contributed by atoms with Gasteiger partial charge in [-0.3, -0.25) is 14.8 Å². The van der Waals surface area contributed by atoms with Gasteiger partial charge < -0.3 is 9.84 Å². The molecule has 0 unspecified atom stereocenters. The number of hydrogen-bond donors (Lipinski definition) is 1. The Morgan fingerprint density at radius 2 is 1.95 bits per heavy atom. The fourth-order valence-corrected chi connectivity index (χ4v) is 2.99. The lowest BCUT2D eigenvalue weighted by atomic mass is 10.1. The zero-order chi connectivity index (χ0) is 13.1. The van der Waals surface area contributed by atoms with Gasteiger partial charge >= 0.3 is 0 Å². The zero-order valence-electron chi connectivity index (χ0n) is 11.1. The van der Waals surface area contributed by atoms with Crippen molar-refractivity contribution >= 4 is 0 Å². The average molecular weight is 263 g/mol. The first-order chi connectivity index (χ1) is 9.33. The second-order valence-electron chi connectivity index (χ2n) is 5.33. The third-order valence-electron chi connectivity index (χ3n) is 4.00. The predicted molar refractivity (Wildman–Crippen MR) is 71.7 cm³/mol. The molecule has 0 spiro atoms. The summed E-state index contributed by atoms with van der Waals surface area (Å²) in [5.74, 6) is 0. The lowest BCUT2D eigenvalue weighted by molar-refractivity contribution is -0.00618. The van der Waals surface area contributed by atoms with Crippen LogP contribution in [0.3, 0.4) is 0 Å². The Morgan fingerprint density at radius 1 is 1.21 bits per heavy atom. The van der Waals surface area contributed by atoms with Crippen molar-refractivity contribution in [3.8, 4) is 0 Å². The molecule has 0 amide bonds. The molecule has 0 bridgehead atoms. The largest absolute Gasteiger partial charge is 0.390 e. The van der Waals surface area contributed by atoms with E-state index in [-0.39, 0.29) is 12.1 Å². The third-order valence-corrected chi connectivity index (χ3v) is 4.00. The molecule has 2 aliphatic heterocycles. The number of aliphatic hydroxyl groups is 1. The van der Waals surface area contributed by atoms with E-state index in [2.05, 4.69) is 14.8 Å². The van der Waals surface area contributed by atoms with Gasteiger partial charge in [-0.05, 0) is 17.7 Å². The number of ether oxygens (including phenoxy) is 1. The molecule has 0 aromatic carbocycles. The molecule has 0 radical (unpaired) electrons. The monoisotopic (exact) mass is 263 g/mol. The number of rotatable bonds is 3. The fraction of sp³-hybridized carbons (Fsp3) is 0.643. The smallest absolute Gasteiger partial charge is 0.0834 e. The molecule has 0 aliphatic carbocycles. The highest BCUT2D eigenvalue weighted by atomic mass is 16.5. The minimum atomic E-state index is -0.250. The molecule has 19 heavy (non-hydrogen) atoms. The minimum Gasteiger partial charge on any atom is -0.390 e. The Bertz CT molecular complexity index is 395. The Morgan fingerprint density at radius 3 is 2.68 bits per heavy atom. The van der Waals surface area contributed by atoms with Crippen molar-refractivity contribution < 1.29 is 9.84 Å². The molecule has 2 aliphatic rings. The molecule has 3 heterocycles. The Kier molecular flexibility index (Phi) is 4.08. The molecule has 3 rings (SSSR count). The van der Waals surface area contributed by atoms with Gasteiger partial charge in [0.05, 0.1) is 19.3 Å². The van der Waals surface area contributed by atoms with Gasteiger partial charge in [-0.25, -0.2) is 0 Å². The van der Waals surface area contributed by atoms with E-state index >= 15 is 0 Å². The topological polar surface area (TPSA) is 48.8 Å². The highest BCUT2D eigenvalue weighted by molar-refractivity contribution is 5.10. The molecule has 2 fully saturated rings. The molecule has 104 valence electrons. The highest BCUT2D eigenvalue weighted by Crippen LogP contribution is 2.19. The zero-order valence-corrected chi connectivity index (χ0v) is 11.1. The van der Waals surface area contributed by atoms with Crippen LogP contribution < -0.4 is 0 Å². The van der Waals surface area contributed by atoms with Crippen LogP contribution in [0.25, 0.3) is 0 Å². The van der Waals surface area contributed by atoms with Gasteiger partial charge in [0.1, 0.15) is 0 Å². The summed E-state index contributed by atoms with van der Waals surface area (Å²) in [6, 6.07) is 4.33. The van der Waals surface area contributed by atoms with Gasteiger partial charge in [-0.15, -0.1) is 0 Å². The van der Waals surface area contributed by atoms with Gasteiger partial charge in [0.25, 0.3) is 0 Å². The van der Waals surface area contributed by atoms with E-state index in [1.807, 2.05) is 24.5 Å². The first kappa shape index (κ1) is 13.0. The van der Waals surface area contributed by atoms with Crippen LogP contribution in [-0.2, 0) is 11.3 Å². The summed E-state index contributed by atoms with van der Waals surface area (Å²) in [4.78, 5) is 8.71. The molecule has 2 atom stereocenters. The minimum absolute atomic E-state index is 0.250. The molecule has 2 saturated heterocycles. The Hall–Kier alpha value is -1.01. The maximum absolute atomic E-state index is 10.3. The molecule has 5 heteroatoms. The van der Waals surface area contributed by atoms with Crippen molar-refractivity contribution in [2.45, 2.75) is 18.7 Å². The number of β-amino-alcohol motifs (C(OH)–C–C–N with tert-alkyl or cyclic N) is 1. The first-order valence-electron chi connectivity index (χ1n) is 6.94. The highest BCUT2D eigenvalue weighted by Gasteiger charge is 2.35. The summed E-state index contributed by atoms with van der Waals surface area (Å²) in [7, 11) is 0. The summed E-state index contributed by atoms with van der Waals surface area (Å²) >= 11 is 0. The number of likely N-dealkylation sites (tertiary alicyclic amines) is 1. The number of nitrogens with zero attached hydrogens (tertiary/aromatic N) is 3.